The molecule has 2 aromatic carbocycles. The van der Waals surface area contributed by atoms with Crippen molar-refractivity contribution < 1.29 is 19.4 Å². The molecule has 0 atom stereocenters. The summed E-state index contributed by atoms with van der Waals surface area (Å²) in [7, 11) is 0. The highest BCUT2D eigenvalue weighted by atomic mass is 35.5. The second-order valence-electron chi connectivity index (χ2n) is 5.35. The van der Waals surface area contributed by atoms with Crippen molar-refractivity contribution in [3.8, 4) is 5.75 Å². The smallest absolute Gasteiger partial charge is 0.348 e. The number of carbonyl (C=O) groups excluding carboxylic acids is 1. The number of rotatable bonds is 5. The van der Waals surface area contributed by atoms with Crippen molar-refractivity contribution >= 4 is 35.0 Å². The standard InChI is InChI=1S/C17H12Cl2O4/c18-12-2-1-3-13(19)14(12)15(20)10-4-6-11(7-5-10)23-17(8-9-17)16(21)22/h1-7H,8-9H2,(H,21,22). The molecule has 3 rings (SSSR count). The van der Waals surface area contributed by atoms with Crippen LogP contribution in [0.1, 0.15) is 28.8 Å². The van der Waals surface area contributed by atoms with Crippen LogP contribution in [-0.4, -0.2) is 22.5 Å². The summed E-state index contributed by atoms with van der Waals surface area (Å²) in [5, 5.41) is 9.68. The van der Waals surface area contributed by atoms with Gasteiger partial charge in [0.2, 0.25) is 5.60 Å². The molecule has 2 aromatic rings. The topological polar surface area (TPSA) is 63.6 Å². The zero-order chi connectivity index (χ0) is 16.6. The Balaban J connectivity index is 1.82. The second kappa shape index (κ2) is 5.87. The first-order chi connectivity index (χ1) is 10.9. The van der Waals surface area contributed by atoms with Gasteiger partial charge in [0.15, 0.2) is 5.78 Å². The molecular formula is C17H12Cl2O4. The van der Waals surface area contributed by atoms with Crippen LogP contribution < -0.4 is 4.74 Å². The Bertz CT molecular complexity index is 759. The third-order valence-corrected chi connectivity index (χ3v) is 4.34. The zero-order valence-corrected chi connectivity index (χ0v) is 13.4. The summed E-state index contributed by atoms with van der Waals surface area (Å²) in [6, 6.07) is 11.1. The fourth-order valence-corrected chi connectivity index (χ4v) is 2.80. The van der Waals surface area contributed by atoms with Crippen molar-refractivity contribution in [3.05, 3.63) is 63.6 Å². The van der Waals surface area contributed by atoms with Crippen LogP contribution in [0.25, 0.3) is 0 Å². The second-order valence-corrected chi connectivity index (χ2v) is 6.17. The number of carboxylic acid groups (broad SMARTS) is 1. The van der Waals surface area contributed by atoms with Crippen LogP contribution in [-0.2, 0) is 4.79 Å². The van der Waals surface area contributed by atoms with Crippen molar-refractivity contribution in [2.24, 2.45) is 0 Å². The number of carboxylic acids is 1. The highest BCUT2D eigenvalue weighted by molar-refractivity contribution is 6.41. The average Bonchev–Trinajstić information content (AvgIpc) is 3.28. The van der Waals surface area contributed by atoms with Crippen LogP contribution in [0.2, 0.25) is 10.0 Å². The van der Waals surface area contributed by atoms with E-state index in [1.807, 2.05) is 0 Å². The monoisotopic (exact) mass is 350 g/mol. The summed E-state index contributed by atoms with van der Waals surface area (Å²) in [5.41, 5.74) is -0.473. The third-order valence-electron chi connectivity index (χ3n) is 3.71. The van der Waals surface area contributed by atoms with Crippen molar-refractivity contribution in [2.75, 3.05) is 0 Å². The number of halogens is 2. The van der Waals surface area contributed by atoms with E-state index in [1.54, 1.807) is 42.5 Å². The Hall–Kier alpha value is -2.04. The number of benzene rings is 2. The molecule has 6 heteroatoms. The van der Waals surface area contributed by atoms with Gasteiger partial charge in [0.1, 0.15) is 5.75 Å². The van der Waals surface area contributed by atoms with Gasteiger partial charge >= 0.3 is 5.97 Å². The maximum atomic E-state index is 12.5. The van der Waals surface area contributed by atoms with Crippen LogP contribution in [0.15, 0.2) is 42.5 Å². The molecular weight excluding hydrogens is 339 g/mol. The van der Waals surface area contributed by atoms with Gasteiger partial charge in [0.05, 0.1) is 15.6 Å². The minimum Gasteiger partial charge on any atom is -0.478 e. The van der Waals surface area contributed by atoms with Crippen LogP contribution in [0, 0.1) is 0 Å². The van der Waals surface area contributed by atoms with Gasteiger partial charge in [-0.25, -0.2) is 4.79 Å². The number of ketones is 1. The first-order valence-electron chi connectivity index (χ1n) is 6.94. The predicted molar refractivity (Wildman–Crippen MR) is 86.6 cm³/mol. The Kier molecular flexibility index (Phi) is 4.04. The fraction of sp³-hybridized carbons (Fsp3) is 0.176. The van der Waals surface area contributed by atoms with Gasteiger partial charge in [-0.3, -0.25) is 4.79 Å². The van der Waals surface area contributed by atoms with E-state index in [0.29, 0.717) is 24.2 Å². The summed E-state index contributed by atoms with van der Waals surface area (Å²) in [6.45, 7) is 0. The first kappa shape index (κ1) is 15.8. The summed E-state index contributed by atoms with van der Waals surface area (Å²) >= 11 is 12.1. The molecule has 0 spiro atoms. The summed E-state index contributed by atoms with van der Waals surface area (Å²) in [5.74, 6) is -0.862. The van der Waals surface area contributed by atoms with Gasteiger partial charge in [-0.15, -0.1) is 0 Å². The summed E-state index contributed by atoms with van der Waals surface area (Å²) in [4.78, 5) is 23.6. The highest BCUT2D eigenvalue weighted by Gasteiger charge is 2.53. The van der Waals surface area contributed by atoms with E-state index in [9.17, 15) is 9.59 Å². The fourth-order valence-electron chi connectivity index (χ4n) is 2.23. The molecule has 0 bridgehead atoms. The Labute approximate surface area is 142 Å². The molecule has 4 nitrogen and oxygen atoms in total. The Morgan fingerprint density at radius 1 is 1.00 bits per heavy atom. The van der Waals surface area contributed by atoms with Crippen molar-refractivity contribution in [3.63, 3.8) is 0 Å². The SMILES string of the molecule is O=C(c1ccc(OC2(C(=O)O)CC2)cc1)c1c(Cl)cccc1Cl. The van der Waals surface area contributed by atoms with Crippen molar-refractivity contribution in [1.29, 1.82) is 0 Å². The van der Waals surface area contributed by atoms with Gasteiger partial charge in [0, 0.05) is 18.4 Å². The number of aliphatic carboxylic acids is 1. The van der Waals surface area contributed by atoms with E-state index in [2.05, 4.69) is 0 Å². The van der Waals surface area contributed by atoms with Gasteiger partial charge in [-0.2, -0.15) is 0 Å². The lowest BCUT2D eigenvalue weighted by Crippen LogP contribution is -2.28. The average molecular weight is 351 g/mol. The molecule has 23 heavy (non-hydrogen) atoms. The number of ether oxygens (including phenoxy) is 1. The number of hydrogen-bond donors (Lipinski definition) is 1. The molecule has 0 aromatic heterocycles. The van der Waals surface area contributed by atoms with Gasteiger partial charge < -0.3 is 9.84 Å². The van der Waals surface area contributed by atoms with Crippen molar-refractivity contribution in [2.45, 2.75) is 18.4 Å². The largest absolute Gasteiger partial charge is 0.478 e. The van der Waals surface area contributed by atoms with Crippen LogP contribution in [0.5, 0.6) is 5.75 Å². The lowest BCUT2D eigenvalue weighted by Gasteiger charge is -2.13. The molecule has 1 aliphatic carbocycles. The molecule has 0 radical (unpaired) electrons. The van der Waals surface area contributed by atoms with Gasteiger partial charge in [0.25, 0.3) is 0 Å². The lowest BCUT2D eigenvalue weighted by molar-refractivity contribution is -0.147. The minimum atomic E-state index is -1.11. The molecule has 1 saturated carbocycles. The molecule has 0 heterocycles. The Morgan fingerprint density at radius 3 is 2.04 bits per heavy atom. The Morgan fingerprint density at radius 2 is 1.57 bits per heavy atom. The highest BCUT2D eigenvalue weighted by Crippen LogP contribution is 2.40. The molecule has 1 N–H and O–H groups in total. The molecule has 0 amide bonds. The molecule has 118 valence electrons. The first-order valence-corrected chi connectivity index (χ1v) is 7.70. The summed E-state index contributed by atoms with van der Waals surface area (Å²) < 4.78 is 5.50. The van der Waals surface area contributed by atoms with E-state index in [4.69, 9.17) is 33.0 Å². The maximum absolute atomic E-state index is 12.5. The van der Waals surface area contributed by atoms with E-state index >= 15 is 0 Å². The normalized spacial score (nSPS) is 15.0. The van der Waals surface area contributed by atoms with E-state index in [1.165, 1.54) is 0 Å². The van der Waals surface area contributed by atoms with E-state index < -0.39 is 11.6 Å². The lowest BCUT2D eigenvalue weighted by atomic mass is 10.0. The minimum absolute atomic E-state index is 0.244. The molecule has 0 unspecified atom stereocenters. The molecule has 0 saturated heterocycles. The van der Waals surface area contributed by atoms with Crippen LogP contribution >= 0.6 is 23.2 Å². The van der Waals surface area contributed by atoms with Crippen LogP contribution in [0.3, 0.4) is 0 Å². The molecule has 1 fully saturated rings. The van der Waals surface area contributed by atoms with Crippen LogP contribution in [0.4, 0.5) is 0 Å². The molecule has 1 aliphatic rings. The van der Waals surface area contributed by atoms with Gasteiger partial charge in [-0.1, -0.05) is 29.3 Å². The quantitative estimate of drug-likeness (QED) is 0.820. The zero-order valence-electron chi connectivity index (χ0n) is 11.9. The maximum Gasteiger partial charge on any atom is 0.348 e. The van der Waals surface area contributed by atoms with E-state index in [0.717, 1.165) is 0 Å². The van der Waals surface area contributed by atoms with Gasteiger partial charge in [-0.05, 0) is 36.4 Å². The summed E-state index contributed by atoms with van der Waals surface area (Å²) in [6.07, 6.45) is 0.969. The van der Waals surface area contributed by atoms with E-state index in [-0.39, 0.29) is 21.4 Å². The predicted octanol–water partition coefficient (Wildman–Crippen LogP) is 4.22. The van der Waals surface area contributed by atoms with Crippen molar-refractivity contribution in [1.82, 2.24) is 0 Å². The third kappa shape index (κ3) is 3.05. The molecule has 0 aliphatic heterocycles. The number of carbonyl (C=O) groups is 2. The number of hydrogen-bond acceptors (Lipinski definition) is 3.